The Balaban J connectivity index is 2.47. The molecule has 0 bridgehead atoms. The number of nitrogens with zero attached hydrogens (tertiary/aromatic N) is 1. The second-order valence-electron chi connectivity index (χ2n) is 2.95. The molecular weight excluding hydrogens is 154 g/mol. The lowest BCUT2D eigenvalue weighted by Crippen LogP contribution is -2.25. The predicted octanol–water partition coefficient (Wildman–Crippen LogP) is 1.18. The maximum absolute atomic E-state index is 11.2. The average Bonchev–Trinajstić information content (AvgIpc) is 2.04. The van der Waals surface area contributed by atoms with E-state index in [0.717, 1.165) is 12.0 Å². The second-order valence-corrected chi connectivity index (χ2v) is 2.95. The Labute approximate surface area is 70.4 Å². The molecule has 0 aliphatic carbocycles. The van der Waals surface area contributed by atoms with Gasteiger partial charge in [-0.25, -0.2) is 4.79 Å². The van der Waals surface area contributed by atoms with Gasteiger partial charge in [0.1, 0.15) is 6.10 Å². The van der Waals surface area contributed by atoms with E-state index < -0.39 is 0 Å². The van der Waals surface area contributed by atoms with E-state index in [4.69, 9.17) is 4.74 Å². The molecule has 0 saturated heterocycles. The predicted molar refractivity (Wildman–Crippen MR) is 42.8 cm³/mol. The summed E-state index contributed by atoms with van der Waals surface area (Å²) in [6.45, 7) is 1.89. The van der Waals surface area contributed by atoms with Crippen LogP contribution in [0.1, 0.15) is 22.8 Å². The highest BCUT2D eigenvalue weighted by atomic mass is 16.5. The van der Waals surface area contributed by atoms with Gasteiger partial charge in [-0.1, -0.05) is 0 Å². The van der Waals surface area contributed by atoms with Crippen LogP contribution in [0.5, 0.6) is 0 Å². The SMILES string of the molecule is CC1Cc2ccncc2C(=O)O1. The molecule has 1 unspecified atom stereocenters. The van der Waals surface area contributed by atoms with Gasteiger partial charge in [0.2, 0.25) is 0 Å². The number of ether oxygens (including phenoxy) is 1. The molecule has 1 aromatic rings. The molecule has 2 heterocycles. The summed E-state index contributed by atoms with van der Waals surface area (Å²) in [5.74, 6) is -0.253. The maximum Gasteiger partial charge on any atom is 0.340 e. The Kier molecular flexibility index (Phi) is 1.57. The molecule has 62 valence electrons. The Morgan fingerprint density at radius 2 is 2.50 bits per heavy atom. The molecule has 1 atom stereocenters. The zero-order valence-electron chi connectivity index (χ0n) is 6.78. The number of carbonyl (C=O) groups is 1. The van der Waals surface area contributed by atoms with Crippen LogP contribution in [0.3, 0.4) is 0 Å². The van der Waals surface area contributed by atoms with Crippen LogP contribution in [0.4, 0.5) is 0 Å². The fourth-order valence-corrected chi connectivity index (χ4v) is 1.38. The van der Waals surface area contributed by atoms with Gasteiger partial charge in [0, 0.05) is 18.8 Å². The van der Waals surface area contributed by atoms with Gasteiger partial charge in [-0.05, 0) is 18.6 Å². The molecule has 0 radical (unpaired) electrons. The lowest BCUT2D eigenvalue weighted by Gasteiger charge is -2.20. The van der Waals surface area contributed by atoms with Gasteiger partial charge in [-0.2, -0.15) is 0 Å². The highest BCUT2D eigenvalue weighted by Gasteiger charge is 2.22. The molecule has 3 heteroatoms. The number of fused-ring (bicyclic) bond motifs is 1. The monoisotopic (exact) mass is 163 g/mol. The fraction of sp³-hybridized carbons (Fsp3) is 0.333. The molecule has 0 fully saturated rings. The van der Waals surface area contributed by atoms with Gasteiger partial charge >= 0.3 is 5.97 Å². The van der Waals surface area contributed by atoms with Crippen molar-refractivity contribution in [2.75, 3.05) is 0 Å². The van der Waals surface area contributed by atoms with Gasteiger partial charge in [-0.3, -0.25) is 4.98 Å². The molecule has 0 amide bonds. The maximum atomic E-state index is 11.2. The van der Waals surface area contributed by atoms with Crippen LogP contribution in [-0.2, 0) is 11.2 Å². The van der Waals surface area contributed by atoms with Gasteiger partial charge in [0.05, 0.1) is 5.56 Å². The van der Waals surface area contributed by atoms with Crippen molar-refractivity contribution in [3.63, 3.8) is 0 Å². The quantitative estimate of drug-likeness (QED) is 0.539. The van der Waals surface area contributed by atoms with Crippen molar-refractivity contribution in [3.05, 3.63) is 29.6 Å². The van der Waals surface area contributed by atoms with E-state index in [2.05, 4.69) is 4.98 Å². The summed E-state index contributed by atoms with van der Waals surface area (Å²) in [6.07, 6.45) is 4.05. The highest BCUT2D eigenvalue weighted by molar-refractivity contribution is 5.91. The van der Waals surface area contributed by atoms with E-state index in [-0.39, 0.29) is 12.1 Å². The third-order valence-corrected chi connectivity index (χ3v) is 1.95. The average molecular weight is 163 g/mol. The first kappa shape index (κ1) is 7.28. The van der Waals surface area contributed by atoms with Crippen molar-refractivity contribution in [2.45, 2.75) is 19.4 Å². The molecule has 2 rings (SSSR count). The van der Waals surface area contributed by atoms with Gasteiger partial charge in [0.25, 0.3) is 0 Å². The number of hydrogen-bond donors (Lipinski definition) is 0. The first-order chi connectivity index (χ1) is 5.77. The number of aromatic nitrogens is 1. The van der Waals surface area contributed by atoms with Crippen LogP contribution < -0.4 is 0 Å². The minimum atomic E-state index is -0.253. The summed E-state index contributed by atoms with van der Waals surface area (Å²) in [5.41, 5.74) is 1.64. The second kappa shape index (κ2) is 2.59. The minimum absolute atomic E-state index is 0.00704. The number of hydrogen-bond acceptors (Lipinski definition) is 3. The topological polar surface area (TPSA) is 39.2 Å². The fourth-order valence-electron chi connectivity index (χ4n) is 1.38. The number of carbonyl (C=O) groups excluding carboxylic acids is 1. The van der Waals surface area contributed by atoms with Gasteiger partial charge in [0.15, 0.2) is 0 Å². The first-order valence-corrected chi connectivity index (χ1v) is 3.91. The van der Waals surface area contributed by atoms with Crippen molar-refractivity contribution in [3.8, 4) is 0 Å². The summed E-state index contributed by atoms with van der Waals surface area (Å²) in [4.78, 5) is 15.1. The minimum Gasteiger partial charge on any atom is -0.459 e. The smallest absolute Gasteiger partial charge is 0.340 e. The van der Waals surface area contributed by atoms with Crippen LogP contribution in [0, 0.1) is 0 Å². The van der Waals surface area contributed by atoms with Crippen LogP contribution in [0.2, 0.25) is 0 Å². The standard InChI is InChI=1S/C9H9NO2/c1-6-4-7-2-3-10-5-8(7)9(11)12-6/h2-3,5-6H,4H2,1H3. The molecule has 3 nitrogen and oxygen atoms in total. The zero-order chi connectivity index (χ0) is 8.55. The molecule has 0 aromatic carbocycles. The van der Waals surface area contributed by atoms with Crippen molar-refractivity contribution < 1.29 is 9.53 Å². The van der Waals surface area contributed by atoms with Crippen molar-refractivity contribution in [1.29, 1.82) is 0 Å². The Morgan fingerprint density at radius 3 is 3.33 bits per heavy atom. The van der Waals surface area contributed by atoms with E-state index >= 15 is 0 Å². The van der Waals surface area contributed by atoms with Gasteiger partial charge in [-0.15, -0.1) is 0 Å². The van der Waals surface area contributed by atoms with Crippen LogP contribution >= 0.6 is 0 Å². The van der Waals surface area contributed by atoms with E-state index in [1.165, 1.54) is 0 Å². The number of cyclic esters (lactones) is 1. The molecule has 0 spiro atoms. The van der Waals surface area contributed by atoms with Crippen molar-refractivity contribution in [1.82, 2.24) is 4.98 Å². The molecule has 1 aliphatic rings. The summed E-state index contributed by atoms with van der Waals surface area (Å²) >= 11 is 0. The molecule has 1 aromatic heterocycles. The number of pyridine rings is 1. The van der Waals surface area contributed by atoms with Crippen molar-refractivity contribution >= 4 is 5.97 Å². The van der Waals surface area contributed by atoms with E-state index in [1.807, 2.05) is 13.0 Å². The number of esters is 1. The van der Waals surface area contributed by atoms with Gasteiger partial charge < -0.3 is 4.74 Å². The van der Waals surface area contributed by atoms with E-state index in [1.54, 1.807) is 12.4 Å². The van der Waals surface area contributed by atoms with E-state index in [0.29, 0.717) is 5.56 Å². The molecule has 12 heavy (non-hydrogen) atoms. The summed E-state index contributed by atoms with van der Waals surface area (Å²) < 4.78 is 5.03. The molecular formula is C9H9NO2. The largest absolute Gasteiger partial charge is 0.459 e. The highest BCUT2D eigenvalue weighted by Crippen LogP contribution is 2.18. The first-order valence-electron chi connectivity index (χ1n) is 3.91. The zero-order valence-corrected chi connectivity index (χ0v) is 6.78. The van der Waals surface area contributed by atoms with Crippen molar-refractivity contribution in [2.24, 2.45) is 0 Å². The van der Waals surface area contributed by atoms with E-state index in [9.17, 15) is 4.79 Å². The summed E-state index contributed by atoms with van der Waals surface area (Å²) in [7, 11) is 0. The molecule has 1 aliphatic heterocycles. The third kappa shape index (κ3) is 1.07. The van der Waals surface area contributed by atoms with Crippen LogP contribution in [-0.4, -0.2) is 17.1 Å². The lowest BCUT2D eigenvalue weighted by molar-refractivity contribution is 0.0300. The lowest BCUT2D eigenvalue weighted by atomic mass is 10.0. The van der Waals surface area contributed by atoms with Crippen LogP contribution in [0.25, 0.3) is 0 Å². The summed E-state index contributed by atoms with van der Waals surface area (Å²) in [5, 5.41) is 0. The summed E-state index contributed by atoms with van der Waals surface area (Å²) in [6, 6.07) is 1.87. The Morgan fingerprint density at radius 1 is 1.67 bits per heavy atom. The molecule has 0 N–H and O–H groups in total. The number of rotatable bonds is 0. The molecule has 0 saturated carbocycles. The normalized spacial score (nSPS) is 21.4. The Hall–Kier alpha value is -1.38. The Bertz CT molecular complexity index is 322. The third-order valence-electron chi connectivity index (χ3n) is 1.95. The van der Waals surface area contributed by atoms with Crippen LogP contribution in [0.15, 0.2) is 18.5 Å².